The van der Waals surface area contributed by atoms with Crippen molar-refractivity contribution in [2.45, 2.75) is 188 Å². The van der Waals surface area contributed by atoms with Gasteiger partial charge in [0.15, 0.2) is 11.6 Å². The van der Waals surface area contributed by atoms with Crippen molar-refractivity contribution in [1.29, 1.82) is 0 Å². The summed E-state index contributed by atoms with van der Waals surface area (Å²) in [4.78, 5) is 26.9. The van der Waals surface area contributed by atoms with Gasteiger partial charge in [0.25, 0.3) is 0 Å². The smallest absolute Gasteiger partial charge is 0.172 e. The minimum Gasteiger partial charge on any atom is -0.378 e. The number of hydrogen-bond donors (Lipinski definition) is 0. The average molecular weight is 743 g/mol. The van der Waals surface area contributed by atoms with E-state index in [2.05, 4.69) is 20.1 Å². The molecule has 10 saturated heterocycles. The molecule has 294 valence electrons. The summed E-state index contributed by atoms with van der Waals surface area (Å²) in [6.45, 7) is 11.1. The van der Waals surface area contributed by atoms with Crippen LogP contribution in [-0.4, -0.2) is 130 Å². The van der Waals surface area contributed by atoms with Crippen LogP contribution in [0.25, 0.3) is 0 Å². The van der Waals surface area contributed by atoms with Crippen LogP contribution in [0.2, 0.25) is 0 Å². The molecule has 0 N–H and O–H groups in total. The number of Topliss-reactive ketones (excluding diaryl/α,β-unsaturated/α-hetero) is 2. The summed E-state index contributed by atoms with van der Waals surface area (Å²) in [6, 6.07) is 0. The minimum atomic E-state index is -0.787. The Balaban J connectivity index is 0.991. The number of methoxy groups -OCH3 is 2. The zero-order valence-electron chi connectivity index (χ0n) is 31.5. The molecule has 0 radical (unpaired) electrons. The van der Waals surface area contributed by atoms with Gasteiger partial charge in [0, 0.05) is 58.7 Å². The number of fused-ring (bicyclic) bond motifs is 6. The highest BCUT2D eigenvalue weighted by atomic mass is 16.8. The molecular weight excluding hydrogens is 684 g/mol. The quantitative estimate of drug-likeness (QED) is 0.373. The summed E-state index contributed by atoms with van der Waals surface area (Å²) in [5.41, 5.74) is 2.18. The topological polar surface area (TPSA) is 126 Å². The largest absolute Gasteiger partial charge is 0.378 e. The van der Waals surface area contributed by atoms with Gasteiger partial charge in [0.2, 0.25) is 0 Å². The van der Waals surface area contributed by atoms with Crippen molar-refractivity contribution in [1.82, 2.24) is 0 Å². The van der Waals surface area contributed by atoms with Gasteiger partial charge in [-0.15, -0.1) is 0 Å². The van der Waals surface area contributed by atoms with Gasteiger partial charge in [-0.25, -0.2) is 0 Å². The Hall–Kier alpha value is -1.58. The van der Waals surface area contributed by atoms with Gasteiger partial charge in [-0.2, -0.15) is 0 Å². The molecule has 10 rings (SSSR count). The summed E-state index contributed by atoms with van der Waals surface area (Å²) in [6.07, 6.45) is 4.93. The highest BCUT2D eigenvalue weighted by molar-refractivity contribution is 5.81. The van der Waals surface area contributed by atoms with Crippen LogP contribution in [0, 0.1) is 11.8 Å². The predicted octanol–water partition coefficient (Wildman–Crippen LogP) is 4.33. The van der Waals surface area contributed by atoms with E-state index < -0.39 is 18.0 Å². The van der Waals surface area contributed by atoms with Crippen LogP contribution in [0.3, 0.4) is 0 Å². The molecule has 0 saturated carbocycles. The van der Waals surface area contributed by atoms with Crippen LogP contribution >= 0.6 is 0 Å². The zero-order valence-corrected chi connectivity index (χ0v) is 31.5. The monoisotopic (exact) mass is 742 g/mol. The molecule has 0 unspecified atom stereocenters. The number of ether oxygens (including phenoxy) is 10. The van der Waals surface area contributed by atoms with Gasteiger partial charge in [0.1, 0.15) is 42.9 Å². The van der Waals surface area contributed by atoms with E-state index in [9.17, 15) is 9.59 Å². The second-order valence-corrected chi connectivity index (χ2v) is 17.5. The zero-order chi connectivity index (χ0) is 36.6. The highest BCUT2D eigenvalue weighted by Gasteiger charge is 2.68. The maximum atomic E-state index is 14.1. The van der Waals surface area contributed by atoms with Crippen LogP contribution < -0.4 is 0 Å². The third-order valence-corrected chi connectivity index (χ3v) is 13.9. The fraction of sp³-hybridized carbons (Fsp3) is 0.854. The van der Waals surface area contributed by atoms with Gasteiger partial charge in [-0.05, 0) is 62.0 Å². The summed E-state index contributed by atoms with van der Waals surface area (Å²) < 4.78 is 65.1. The van der Waals surface area contributed by atoms with Gasteiger partial charge in [0.05, 0.1) is 61.0 Å². The summed E-state index contributed by atoms with van der Waals surface area (Å²) in [5.74, 6) is -0.767. The van der Waals surface area contributed by atoms with Crippen molar-refractivity contribution in [3.05, 3.63) is 24.3 Å². The normalized spacial score (nSPS) is 50.9. The number of hydrogen-bond acceptors (Lipinski definition) is 12. The predicted molar refractivity (Wildman–Crippen MR) is 188 cm³/mol. The van der Waals surface area contributed by atoms with E-state index in [0.29, 0.717) is 25.7 Å². The van der Waals surface area contributed by atoms with Gasteiger partial charge in [-0.3, -0.25) is 9.59 Å². The Morgan fingerprint density at radius 1 is 0.755 bits per heavy atom. The molecule has 0 aromatic carbocycles. The molecule has 10 aliphatic rings. The lowest BCUT2D eigenvalue weighted by Gasteiger charge is -2.47. The summed E-state index contributed by atoms with van der Waals surface area (Å²) in [7, 11) is 3.15. The molecule has 10 aliphatic heterocycles. The van der Waals surface area contributed by atoms with Crippen molar-refractivity contribution in [2.75, 3.05) is 20.8 Å². The van der Waals surface area contributed by atoms with Crippen LogP contribution in [0.4, 0.5) is 0 Å². The fourth-order valence-corrected chi connectivity index (χ4v) is 11.3. The van der Waals surface area contributed by atoms with Crippen LogP contribution in [-0.2, 0) is 57.0 Å². The van der Waals surface area contributed by atoms with E-state index in [1.807, 2.05) is 0 Å². The first-order chi connectivity index (χ1) is 25.6. The lowest BCUT2D eigenvalue weighted by Crippen LogP contribution is -2.61. The standard InChI is InChI=1S/C41H58O12/c1-20-12-25-6-8-29-21(2)13-27(46-29)10-11-41-18-34-37(52-41)38-39(51-34)40(53-41)36-30(50-38)9-7-26(48-36)14-23(42)15-28-32(17-31(47-25)22(20)3)49-33(35(28)45-5)16-24(43)19-44-4/h20,25-40H,2-3,6-19H2,1,4-5H3/t20-,25+,26-,27+,28+,29+,30+,31-,32+,33-,34-,35-,36+,37+,38+,39-,40+,41+/m1/s1. The third kappa shape index (κ3) is 6.95. The highest BCUT2D eigenvalue weighted by Crippen LogP contribution is 2.54. The van der Waals surface area contributed by atoms with Gasteiger partial charge >= 0.3 is 0 Å². The molecule has 53 heavy (non-hydrogen) atoms. The maximum Gasteiger partial charge on any atom is 0.172 e. The average Bonchev–Trinajstić information content (AvgIpc) is 3.80. The third-order valence-electron chi connectivity index (χ3n) is 13.9. The Morgan fingerprint density at radius 2 is 1.51 bits per heavy atom. The molecule has 0 aromatic heterocycles. The van der Waals surface area contributed by atoms with Crippen LogP contribution in [0.5, 0.6) is 0 Å². The van der Waals surface area contributed by atoms with E-state index in [1.54, 1.807) is 7.11 Å². The molecule has 12 bridgehead atoms. The van der Waals surface area contributed by atoms with Gasteiger partial charge < -0.3 is 47.4 Å². The molecule has 0 amide bonds. The molecular formula is C41H58O12. The first-order valence-corrected chi connectivity index (χ1v) is 20.3. The Labute approximate surface area is 312 Å². The lowest BCUT2D eigenvalue weighted by atomic mass is 9.81. The molecule has 0 aliphatic carbocycles. The molecule has 1 spiro atoms. The maximum absolute atomic E-state index is 14.1. The number of carbonyl (C=O) groups excluding carboxylic acids is 2. The Morgan fingerprint density at radius 3 is 2.34 bits per heavy atom. The van der Waals surface area contributed by atoms with Crippen molar-refractivity contribution in [2.24, 2.45) is 11.8 Å². The number of carbonyl (C=O) groups is 2. The van der Waals surface area contributed by atoms with Crippen LogP contribution in [0.15, 0.2) is 24.3 Å². The van der Waals surface area contributed by atoms with E-state index in [0.717, 1.165) is 49.7 Å². The first-order valence-electron chi connectivity index (χ1n) is 20.3. The Bertz CT molecular complexity index is 1430. The fourth-order valence-electron chi connectivity index (χ4n) is 11.3. The van der Waals surface area contributed by atoms with Crippen molar-refractivity contribution in [3.8, 4) is 0 Å². The first kappa shape index (κ1) is 37.0. The molecule has 18 atom stereocenters. The van der Waals surface area contributed by atoms with Crippen LogP contribution in [0.1, 0.15) is 90.4 Å². The molecule has 10 fully saturated rings. The molecule has 12 nitrogen and oxygen atoms in total. The minimum absolute atomic E-state index is 0.000969. The summed E-state index contributed by atoms with van der Waals surface area (Å²) in [5, 5.41) is 0. The van der Waals surface area contributed by atoms with E-state index in [4.69, 9.17) is 47.4 Å². The SMILES string of the molecule is C=C1C[C@@H]2CC[C@@]34C[C@H]5O[C@H]6[C@@H](O3)[C@H]3O[C@H](CC[C@@H]3O[C@H]6[C@H]5O4)CC(=O)C[C@@H]3[C@@H](OC)[C@@H](CC(=O)COC)O[C@H]3C[C@H]3O[C@@H](CC[C@@H]1O2)C[C@@H](C)C3=C. The molecule has 0 aromatic rings. The second-order valence-electron chi connectivity index (χ2n) is 17.5. The lowest BCUT2D eigenvalue weighted by molar-refractivity contribution is -0.292. The Kier molecular flexibility index (Phi) is 10.3. The van der Waals surface area contributed by atoms with Gasteiger partial charge in [-0.1, -0.05) is 20.1 Å². The summed E-state index contributed by atoms with van der Waals surface area (Å²) >= 11 is 0. The number of ketones is 2. The van der Waals surface area contributed by atoms with E-state index in [1.165, 1.54) is 7.11 Å². The molecule has 10 heterocycles. The van der Waals surface area contributed by atoms with Crippen molar-refractivity contribution < 1.29 is 57.0 Å². The number of rotatable bonds is 5. The molecule has 12 heteroatoms. The van der Waals surface area contributed by atoms with E-state index in [-0.39, 0.29) is 129 Å². The van der Waals surface area contributed by atoms with Crippen molar-refractivity contribution in [3.63, 3.8) is 0 Å². The van der Waals surface area contributed by atoms with Crippen molar-refractivity contribution >= 4 is 11.6 Å². The second kappa shape index (κ2) is 14.7. The van der Waals surface area contributed by atoms with E-state index >= 15 is 0 Å².